The van der Waals surface area contributed by atoms with Crippen LogP contribution in [0, 0.1) is 0 Å². The molecule has 1 heterocycles. The largest absolute Gasteiger partial charge is 0.493 e. The van der Waals surface area contributed by atoms with Crippen molar-refractivity contribution < 1.29 is 14.3 Å². The van der Waals surface area contributed by atoms with Crippen LogP contribution >= 0.6 is 0 Å². The molecule has 3 nitrogen and oxygen atoms in total. The maximum atomic E-state index is 12.0. The van der Waals surface area contributed by atoms with Crippen molar-refractivity contribution >= 4 is 5.78 Å². The predicted octanol–water partition coefficient (Wildman–Crippen LogP) is 2.86. The van der Waals surface area contributed by atoms with Gasteiger partial charge in [-0.1, -0.05) is 13.0 Å². The Morgan fingerprint density at radius 2 is 2.33 bits per heavy atom. The molecule has 0 aromatic heterocycles. The molecule has 18 heavy (non-hydrogen) atoms. The summed E-state index contributed by atoms with van der Waals surface area (Å²) in [6.07, 6.45) is 3.51. The van der Waals surface area contributed by atoms with Gasteiger partial charge in [0, 0.05) is 17.9 Å². The fourth-order valence-corrected chi connectivity index (χ4v) is 3.19. The molecule has 0 saturated carbocycles. The van der Waals surface area contributed by atoms with Gasteiger partial charge >= 0.3 is 0 Å². The fraction of sp³-hybridized carbons (Fsp3) is 0.533. The number of carbonyl (C=O) groups excluding carboxylic acids is 1. The van der Waals surface area contributed by atoms with Crippen molar-refractivity contribution in [3.63, 3.8) is 0 Å². The number of hydrogen-bond acceptors (Lipinski definition) is 3. The lowest BCUT2D eigenvalue weighted by Gasteiger charge is -2.22. The monoisotopic (exact) mass is 246 g/mol. The lowest BCUT2D eigenvalue weighted by molar-refractivity contribution is -0.125. The lowest BCUT2D eigenvalue weighted by Crippen LogP contribution is -2.29. The summed E-state index contributed by atoms with van der Waals surface area (Å²) >= 11 is 0. The molecule has 2 unspecified atom stereocenters. The van der Waals surface area contributed by atoms with E-state index in [1.54, 1.807) is 7.11 Å². The molecular formula is C15H18O3. The van der Waals surface area contributed by atoms with Crippen LogP contribution in [0.4, 0.5) is 0 Å². The van der Waals surface area contributed by atoms with Crippen LogP contribution in [0.2, 0.25) is 0 Å². The summed E-state index contributed by atoms with van der Waals surface area (Å²) < 4.78 is 11.3. The molecule has 96 valence electrons. The highest BCUT2D eigenvalue weighted by Gasteiger charge is 2.42. The van der Waals surface area contributed by atoms with E-state index < -0.39 is 0 Å². The summed E-state index contributed by atoms with van der Waals surface area (Å²) in [5, 5.41) is 0. The number of hydrogen-bond donors (Lipinski definition) is 0. The Balaban J connectivity index is 2.09. The molecule has 0 N–H and O–H groups in total. The lowest BCUT2D eigenvalue weighted by atomic mass is 9.79. The molecule has 0 bridgehead atoms. The second-order valence-electron chi connectivity index (χ2n) is 5.03. The van der Waals surface area contributed by atoms with Crippen LogP contribution in [0.25, 0.3) is 0 Å². The molecule has 1 aliphatic heterocycles. The number of Topliss-reactive ketones (excluding diaryl/α,β-unsaturated/α-hetero) is 1. The Morgan fingerprint density at radius 3 is 3.06 bits per heavy atom. The molecule has 0 radical (unpaired) electrons. The van der Waals surface area contributed by atoms with E-state index >= 15 is 0 Å². The normalized spacial score (nSPS) is 24.3. The highest BCUT2D eigenvalue weighted by atomic mass is 16.5. The molecule has 1 aromatic rings. The van der Waals surface area contributed by atoms with E-state index in [0.717, 1.165) is 30.8 Å². The van der Waals surface area contributed by atoms with Gasteiger partial charge in [0.1, 0.15) is 0 Å². The standard InChI is InChI=1S/C15H18O3/c1-3-11(16)14-10-6-4-5-9-7-8-12(17-2)15(18-14)13(9)10/h7-8,10,14H,3-6H2,1-2H3. The number of ether oxygens (including phenoxy) is 2. The van der Waals surface area contributed by atoms with Crippen LogP contribution in [-0.2, 0) is 11.2 Å². The Bertz CT molecular complexity index is 493. The number of carbonyl (C=O) groups is 1. The van der Waals surface area contributed by atoms with E-state index in [2.05, 4.69) is 6.07 Å². The average molecular weight is 246 g/mol. The number of ketones is 1. The third-order valence-corrected chi connectivity index (χ3v) is 4.08. The summed E-state index contributed by atoms with van der Waals surface area (Å²) in [7, 11) is 1.65. The third-order valence-electron chi connectivity index (χ3n) is 4.08. The first-order valence-electron chi connectivity index (χ1n) is 6.65. The van der Waals surface area contributed by atoms with Gasteiger partial charge < -0.3 is 9.47 Å². The van der Waals surface area contributed by atoms with E-state index in [1.165, 1.54) is 11.1 Å². The molecular weight excluding hydrogens is 228 g/mol. The minimum absolute atomic E-state index is 0.200. The molecule has 2 aliphatic rings. The van der Waals surface area contributed by atoms with Crippen molar-refractivity contribution in [2.45, 2.75) is 44.6 Å². The van der Waals surface area contributed by atoms with E-state index in [4.69, 9.17) is 9.47 Å². The van der Waals surface area contributed by atoms with Gasteiger partial charge in [0.15, 0.2) is 23.4 Å². The summed E-state index contributed by atoms with van der Waals surface area (Å²) in [5.41, 5.74) is 2.56. The minimum Gasteiger partial charge on any atom is -0.493 e. The first-order valence-corrected chi connectivity index (χ1v) is 6.65. The Morgan fingerprint density at radius 1 is 1.50 bits per heavy atom. The van der Waals surface area contributed by atoms with Crippen LogP contribution in [0.3, 0.4) is 0 Å². The van der Waals surface area contributed by atoms with Gasteiger partial charge in [0.2, 0.25) is 0 Å². The van der Waals surface area contributed by atoms with E-state index in [9.17, 15) is 4.79 Å². The third kappa shape index (κ3) is 1.53. The van der Waals surface area contributed by atoms with Crippen LogP contribution in [0.1, 0.15) is 43.2 Å². The van der Waals surface area contributed by atoms with Crippen LogP contribution < -0.4 is 9.47 Å². The minimum atomic E-state index is -0.291. The molecule has 2 atom stereocenters. The quantitative estimate of drug-likeness (QED) is 0.822. The first kappa shape index (κ1) is 11.6. The second kappa shape index (κ2) is 4.30. The van der Waals surface area contributed by atoms with Gasteiger partial charge in [-0.05, 0) is 30.9 Å². The topological polar surface area (TPSA) is 35.5 Å². The summed E-state index contributed by atoms with van der Waals surface area (Å²) in [6.45, 7) is 1.90. The zero-order valence-electron chi connectivity index (χ0n) is 10.9. The van der Waals surface area contributed by atoms with Gasteiger partial charge in [-0.3, -0.25) is 4.79 Å². The van der Waals surface area contributed by atoms with Gasteiger partial charge in [0.25, 0.3) is 0 Å². The van der Waals surface area contributed by atoms with Crippen molar-refractivity contribution in [1.82, 2.24) is 0 Å². The first-order chi connectivity index (χ1) is 8.76. The van der Waals surface area contributed by atoms with Crippen LogP contribution in [0.5, 0.6) is 11.5 Å². The number of aryl methyl sites for hydroxylation is 1. The Hall–Kier alpha value is -1.51. The maximum absolute atomic E-state index is 12.0. The SMILES string of the molecule is CCC(=O)C1Oc2c(OC)ccc3c2C1CCC3. The average Bonchev–Trinajstić information content (AvgIpc) is 2.80. The highest BCUT2D eigenvalue weighted by molar-refractivity contribution is 5.86. The van der Waals surface area contributed by atoms with Crippen molar-refractivity contribution in [2.24, 2.45) is 0 Å². The molecule has 1 aromatic carbocycles. The van der Waals surface area contributed by atoms with E-state index in [1.807, 2.05) is 13.0 Å². The molecule has 0 saturated heterocycles. The Labute approximate surface area is 107 Å². The molecule has 1 aliphatic carbocycles. The van der Waals surface area contributed by atoms with Crippen molar-refractivity contribution in [2.75, 3.05) is 7.11 Å². The van der Waals surface area contributed by atoms with Crippen LogP contribution in [0.15, 0.2) is 12.1 Å². The highest BCUT2D eigenvalue weighted by Crippen LogP contribution is 2.50. The Kier molecular flexibility index (Phi) is 2.77. The van der Waals surface area contributed by atoms with Gasteiger partial charge in [0.05, 0.1) is 7.11 Å². The molecule has 0 amide bonds. The zero-order chi connectivity index (χ0) is 12.7. The molecule has 0 fully saturated rings. The smallest absolute Gasteiger partial charge is 0.173 e. The number of methoxy groups -OCH3 is 1. The van der Waals surface area contributed by atoms with Gasteiger partial charge in [-0.15, -0.1) is 0 Å². The number of rotatable bonds is 3. The van der Waals surface area contributed by atoms with Crippen molar-refractivity contribution in [3.8, 4) is 11.5 Å². The summed E-state index contributed by atoms with van der Waals surface area (Å²) in [6, 6.07) is 4.07. The second-order valence-corrected chi connectivity index (χ2v) is 5.03. The fourth-order valence-electron chi connectivity index (χ4n) is 3.19. The van der Waals surface area contributed by atoms with Crippen molar-refractivity contribution in [1.29, 1.82) is 0 Å². The van der Waals surface area contributed by atoms with Crippen molar-refractivity contribution in [3.05, 3.63) is 23.3 Å². The zero-order valence-corrected chi connectivity index (χ0v) is 10.9. The number of benzene rings is 1. The molecule has 0 spiro atoms. The van der Waals surface area contributed by atoms with E-state index in [0.29, 0.717) is 6.42 Å². The van der Waals surface area contributed by atoms with Crippen LogP contribution in [-0.4, -0.2) is 19.0 Å². The summed E-state index contributed by atoms with van der Waals surface area (Å²) in [4.78, 5) is 12.0. The maximum Gasteiger partial charge on any atom is 0.173 e. The predicted molar refractivity (Wildman–Crippen MR) is 68.4 cm³/mol. The van der Waals surface area contributed by atoms with Gasteiger partial charge in [-0.2, -0.15) is 0 Å². The molecule has 3 rings (SSSR count). The van der Waals surface area contributed by atoms with Gasteiger partial charge in [-0.25, -0.2) is 0 Å². The summed E-state index contributed by atoms with van der Waals surface area (Å²) in [5.74, 6) is 2.01. The van der Waals surface area contributed by atoms with E-state index in [-0.39, 0.29) is 17.8 Å². The molecule has 3 heteroatoms.